The molecule has 4 aromatic rings. The summed E-state index contributed by atoms with van der Waals surface area (Å²) in [5.41, 5.74) is 7.17. The quantitative estimate of drug-likeness (QED) is 0.600. The fraction of sp³-hybridized carbons (Fsp3) is 0.217. The van der Waals surface area contributed by atoms with Gasteiger partial charge in [-0.05, 0) is 12.5 Å². The molecule has 2 aromatic heterocycles. The molecule has 5 rings (SSSR count). The van der Waals surface area contributed by atoms with Crippen molar-refractivity contribution in [2.24, 2.45) is 0 Å². The standard InChI is InChI=1S/C23H22N4O/c1-16-7-9-18(10-8-16)21-15-27-22(24-21)19-14-26(12-11-20(19)25-23(27)28)13-17-5-3-2-4-6-17/h2-10,15H,11-14H2,1H3,(H,25,28). The largest absolute Gasteiger partial charge is 0.331 e. The molecular weight excluding hydrogens is 348 g/mol. The molecule has 0 unspecified atom stereocenters. The molecule has 0 atom stereocenters. The Balaban J connectivity index is 1.54. The highest BCUT2D eigenvalue weighted by Gasteiger charge is 2.22. The molecule has 0 amide bonds. The number of nitrogens with one attached hydrogen (secondary N) is 1. The lowest BCUT2D eigenvalue weighted by Gasteiger charge is -2.28. The Hall–Kier alpha value is -3.18. The van der Waals surface area contributed by atoms with Crippen molar-refractivity contribution < 1.29 is 0 Å². The molecule has 0 spiro atoms. The second-order valence-corrected chi connectivity index (χ2v) is 7.52. The average molecular weight is 370 g/mol. The summed E-state index contributed by atoms with van der Waals surface area (Å²) >= 11 is 0. The highest BCUT2D eigenvalue weighted by atomic mass is 16.1. The van der Waals surface area contributed by atoms with E-state index >= 15 is 0 Å². The molecule has 0 bridgehead atoms. The fourth-order valence-electron chi connectivity index (χ4n) is 3.94. The van der Waals surface area contributed by atoms with Gasteiger partial charge >= 0.3 is 5.69 Å². The molecule has 0 saturated heterocycles. The SMILES string of the molecule is Cc1ccc(-c2cn3c(=O)[nH]c4c(c3n2)CN(Cc2ccccc2)CC4)cc1. The first-order valence-electron chi connectivity index (χ1n) is 9.64. The Morgan fingerprint density at radius 3 is 2.64 bits per heavy atom. The van der Waals surface area contributed by atoms with Gasteiger partial charge in [-0.1, -0.05) is 60.2 Å². The van der Waals surface area contributed by atoms with Gasteiger partial charge in [0.25, 0.3) is 0 Å². The maximum atomic E-state index is 12.6. The lowest BCUT2D eigenvalue weighted by molar-refractivity contribution is 0.243. The van der Waals surface area contributed by atoms with Crippen molar-refractivity contribution in [3.8, 4) is 11.3 Å². The van der Waals surface area contributed by atoms with E-state index in [4.69, 9.17) is 4.98 Å². The Morgan fingerprint density at radius 2 is 1.86 bits per heavy atom. The van der Waals surface area contributed by atoms with Gasteiger partial charge in [-0.3, -0.25) is 9.30 Å². The van der Waals surface area contributed by atoms with Gasteiger partial charge < -0.3 is 4.98 Å². The van der Waals surface area contributed by atoms with Crippen LogP contribution in [0.5, 0.6) is 0 Å². The summed E-state index contributed by atoms with van der Waals surface area (Å²) in [7, 11) is 0. The third-order valence-electron chi connectivity index (χ3n) is 5.47. The number of hydrogen-bond acceptors (Lipinski definition) is 3. The van der Waals surface area contributed by atoms with Crippen molar-refractivity contribution in [2.45, 2.75) is 26.4 Å². The predicted octanol–water partition coefficient (Wildman–Crippen LogP) is 3.56. The second kappa shape index (κ2) is 6.77. The van der Waals surface area contributed by atoms with Crippen LogP contribution in [0, 0.1) is 6.92 Å². The number of rotatable bonds is 3. The summed E-state index contributed by atoms with van der Waals surface area (Å²) in [6, 6.07) is 18.8. The zero-order valence-electron chi connectivity index (χ0n) is 15.9. The van der Waals surface area contributed by atoms with Crippen LogP contribution in [-0.2, 0) is 19.5 Å². The van der Waals surface area contributed by atoms with Gasteiger partial charge in [-0.2, -0.15) is 0 Å². The van der Waals surface area contributed by atoms with Crippen molar-refractivity contribution in [1.29, 1.82) is 0 Å². The van der Waals surface area contributed by atoms with Crippen LogP contribution in [0.25, 0.3) is 16.9 Å². The van der Waals surface area contributed by atoms with Crippen molar-refractivity contribution in [3.05, 3.63) is 93.7 Å². The normalized spacial score (nSPS) is 14.3. The summed E-state index contributed by atoms with van der Waals surface area (Å²) in [6.45, 7) is 4.68. The third kappa shape index (κ3) is 3.04. The molecule has 3 heterocycles. The van der Waals surface area contributed by atoms with E-state index < -0.39 is 0 Å². The minimum Gasteiger partial charge on any atom is -0.310 e. The van der Waals surface area contributed by atoms with Crippen LogP contribution in [0.3, 0.4) is 0 Å². The number of aromatic amines is 1. The molecule has 1 N–H and O–H groups in total. The van der Waals surface area contributed by atoms with Crippen LogP contribution in [0.4, 0.5) is 0 Å². The molecule has 0 radical (unpaired) electrons. The van der Waals surface area contributed by atoms with E-state index in [1.165, 1.54) is 11.1 Å². The van der Waals surface area contributed by atoms with E-state index in [0.29, 0.717) is 0 Å². The first kappa shape index (κ1) is 17.0. The molecule has 1 aliphatic rings. The summed E-state index contributed by atoms with van der Waals surface area (Å²) in [5.74, 6) is 0. The van der Waals surface area contributed by atoms with Crippen molar-refractivity contribution in [2.75, 3.05) is 6.54 Å². The van der Waals surface area contributed by atoms with Gasteiger partial charge in [0.05, 0.1) is 5.69 Å². The van der Waals surface area contributed by atoms with E-state index in [-0.39, 0.29) is 5.69 Å². The summed E-state index contributed by atoms with van der Waals surface area (Å²) in [6.07, 6.45) is 2.68. The zero-order chi connectivity index (χ0) is 19.1. The van der Waals surface area contributed by atoms with Crippen LogP contribution in [0.15, 0.2) is 65.6 Å². The number of fused-ring (bicyclic) bond motifs is 3. The highest BCUT2D eigenvalue weighted by molar-refractivity contribution is 5.65. The molecule has 28 heavy (non-hydrogen) atoms. The van der Waals surface area contributed by atoms with Crippen LogP contribution >= 0.6 is 0 Å². The molecule has 140 valence electrons. The first-order valence-corrected chi connectivity index (χ1v) is 9.64. The van der Waals surface area contributed by atoms with E-state index in [1.807, 2.05) is 12.3 Å². The van der Waals surface area contributed by atoms with Crippen molar-refractivity contribution in [3.63, 3.8) is 0 Å². The van der Waals surface area contributed by atoms with E-state index in [9.17, 15) is 4.79 Å². The number of aromatic nitrogens is 3. The maximum absolute atomic E-state index is 12.6. The van der Waals surface area contributed by atoms with E-state index in [1.54, 1.807) is 4.40 Å². The van der Waals surface area contributed by atoms with Gasteiger partial charge in [0.1, 0.15) is 5.65 Å². The number of nitrogens with zero attached hydrogens (tertiary/aromatic N) is 3. The lowest BCUT2D eigenvalue weighted by Crippen LogP contribution is -2.33. The number of benzene rings is 2. The number of imidazole rings is 1. The molecule has 5 heteroatoms. The number of aryl methyl sites for hydroxylation is 1. The molecule has 0 saturated carbocycles. The van der Waals surface area contributed by atoms with Gasteiger partial charge in [0.15, 0.2) is 0 Å². The third-order valence-corrected chi connectivity index (χ3v) is 5.47. The average Bonchev–Trinajstić information content (AvgIpc) is 3.16. The topological polar surface area (TPSA) is 53.4 Å². The second-order valence-electron chi connectivity index (χ2n) is 7.52. The minimum absolute atomic E-state index is 0.115. The minimum atomic E-state index is -0.115. The Kier molecular flexibility index (Phi) is 4.10. The van der Waals surface area contributed by atoms with Gasteiger partial charge in [0, 0.05) is 49.1 Å². The predicted molar refractivity (Wildman–Crippen MR) is 110 cm³/mol. The van der Waals surface area contributed by atoms with E-state index in [0.717, 1.165) is 54.2 Å². The number of H-pyrrole nitrogens is 1. The number of hydrogen-bond donors (Lipinski definition) is 1. The monoisotopic (exact) mass is 370 g/mol. The first-order chi connectivity index (χ1) is 13.7. The van der Waals surface area contributed by atoms with Crippen molar-refractivity contribution >= 4 is 5.65 Å². The smallest absolute Gasteiger partial charge is 0.310 e. The van der Waals surface area contributed by atoms with Crippen LogP contribution < -0.4 is 5.69 Å². The molecule has 5 nitrogen and oxygen atoms in total. The molecule has 1 aliphatic heterocycles. The lowest BCUT2D eigenvalue weighted by atomic mass is 10.1. The molecule has 0 aliphatic carbocycles. The Morgan fingerprint density at radius 1 is 1.07 bits per heavy atom. The van der Waals surface area contributed by atoms with Gasteiger partial charge in [0.2, 0.25) is 0 Å². The Bertz CT molecular complexity index is 1190. The maximum Gasteiger partial charge on any atom is 0.331 e. The Labute approximate surface area is 163 Å². The van der Waals surface area contributed by atoms with Crippen LogP contribution in [0.2, 0.25) is 0 Å². The molecular formula is C23H22N4O. The van der Waals surface area contributed by atoms with Gasteiger partial charge in [-0.15, -0.1) is 0 Å². The summed E-state index contributed by atoms with van der Waals surface area (Å²) in [5, 5.41) is 0. The summed E-state index contributed by atoms with van der Waals surface area (Å²) < 4.78 is 1.65. The molecule has 0 fully saturated rings. The van der Waals surface area contributed by atoms with Crippen LogP contribution in [0.1, 0.15) is 22.4 Å². The van der Waals surface area contributed by atoms with E-state index in [2.05, 4.69) is 65.3 Å². The summed E-state index contributed by atoms with van der Waals surface area (Å²) in [4.78, 5) is 22.9. The molecule has 2 aromatic carbocycles. The van der Waals surface area contributed by atoms with Crippen LogP contribution in [-0.4, -0.2) is 25.8 Å². The zero-order valence-corrected chi connectivity index (χ0v) is 15.9. The van der Waals surface area contributed by atoms with Gasteiger partial charge in [-0.25, -0.2) is 9.78 Å². The van der Waals surface area contributed by atoms with Crippen molar-refractivity contribution in [1.82, 2.24) is 19.3 Å². The highest BCUT2D eigenvalue weighted by Crippen LogP contribution is 2.25. The fourth-order valence-corrected chi connectivity index (χ4v) is 3.94.